The lowest BCUT2D eigenvalue weighted by Gasteiger charge is -2.04. The van der Waals surface area contributed by atoms with Gasteiger partial charge in [0.05, 0.1) is 5.56 Å². The van der Waals surface area contributed by atoms with Gasteiger partial charge in [0.15, 0.2) is 0 Å². The Labute approximate surface area is 76.3 Å². The smallest absolute Gasteiger partial charge is 0.340 e. The molecule has 2 N–H and O–H groups in total. The van der Waals surface area contributed by atoms with E-state index < -0.39 is 11.9 Å². The molecule has 0 radical (unpaired) electrons. The first-order valence-corrected chi connectivity index (χ1v) is 3.59. The molecule has 2 aromatic rings. The highest BCUT2D eigenvalue weighted by Gasteiger charge is 2.24. The number of hydrogen-bond donors (Lipinski definition) is 2. The summed E-state index contributed by atoms with van der Waals surface area (Å²) < 4.78 is 8.86. The second-order valence-electron chi connectivity index (χ2n) is 2.59. The van der Waals surface area contributed by atoms with Gasteiger partial charge in [0.1, 0.15) is 5.56 Å². The van der Waals surface area contributed by atoms with Gasteiger partial charge in [0.2, 0.25) is 11.2 Å². The predicted octanol–water partition coefficient (Wildman–Crippen LogP) is 1.42. The number of hydrogen-bond acceptors (Lipinski definition) is 4. The molecular formula is C8H4O6. The SMILES string of the molecule is O=C(O)c1ccc2ooc2c1C(=O)O. The van der Waals surface area contributed by atoms with Crippen molar-refractivity contribution in [1.82, 2.24) is 0 Å². The van der Waals surface area contributed by atoms with Gasteiger partial charge in [0, 0.05) is 0 Å². The Morgan fingerprint density at radius 3 is 2.21 bits per heavy atom. The maximum Gasteiger partial charge on any atom is 0.340 e. The molecule has 0 saturated carbocycles. The lowest BCUT2D eigenvalue weighted by atomic mass is 10.1. The molecule has 0 aliphatic carbocycles. The van der Waals surface area contributed by atoms with Gasteiger partial charge in [-0.05, 0) is 12.1 Å². The van der Waals surface area contributed by atoms with Crippen molar-refractivity contribution in [3.63, 3.8) is 0 Å². The second-order valence-corrected chi connectivity index (χ2v) is 2.59. The van der Waals surface area contributed by atoms with Crippen molar-refractivity contribution in [3.8, 4) is 0 Å². The lowest BCUT2D eigenvalue weighted by Crippen LogP contribution is -2.09. The molecule has 6 heteroatoms. The number of carboxylic acid groups (broad SMARTS) is 2. The molecule has 72 valence electrons. The van der Waals surface area contributed by atoms with Crippen molar-refractivity contribution < 1.29 is 29.0 Å². The fraction of sp³-hybridized carbons (Fsp3) is 0. The molecule has 0 unspecified atom stereocenters. The fourth-order valence-electron chi connectivity index (χ4n) is 1.15. The van der Waals surface area contributed by atoms with Crippen molar-refractivity contribution in [3.05, 3.63) is 23.3 Å². The van der Waals surface area contributed by atoms with E-state index in [0.717, 1.165) is 6.07 Å². The summed E-state index contributed by atoms with van der Waals surface area (Å²) in [7, 11) is 0. The molecule has 0 aliphatic rings. The molecule has 0 bridgehead atoms. The Hall–Kier alpha value is -2.24. The fourth-order valence-corrected chi connectivity index (χ4v) is 1.15. The van der Waals surface area contributed by atoms with Gasteiger partial charge in [-0.25, -0.2) is 9.59 Å². The zero-order valence-electron chi connectivity index (χ0n) is 6.68. The van der Waals surface area contributed by atoms with Crippen LogP contribution in [0.15, 0.2) is 21.3 Å². The van der Waals surface area contributed by atoms with Crippen LogP contribution in [0.2, 0.25) is 0 Å². The van der Waals surface area contributed by atoms with Crippen LogP contribution in [0.25, 0.3) is 11.2 Å². The molecule has 1 heterocycles. The quantitative estimate of drug-likeness (QED) is 0.704. The minimum atomic E-state index is -1.36. The summed E-state index contributed by atoms with van der Waals surface area (Å²) in [5.41, 5.74) is -0.523. The molecule has 0 saturated heterocycles. The normalized spacial score (nSPS) is 10.6. The highest BCUT2D eigenvalue weighted by molar-refractivity contribution is 6.09. The molecule has 0 atom stereocenters. The average Bonchev–Trinajstić information content (AvgIpc) is 2.05. The van der Waals surface area contributed by atoms with E-state index in [1.807, 2.05) is 0 Å². The number of rotatable bonds is 2. The van der Waals surface area contributed by atoms with Gasteiger partial charge in [0.25, 0.3) is 0 Å². The maximum atomic E-state index is 10.7. The third kappa shape index (κ3) is 0.972. The summed E-state index contributed by atoms with van der Waals surface area (Å²) in [4.78, 5) is 21.4. The standard InChI is InChI=1S/C8H4O6/c9-7(10)3-1-2-4-6(14-13-4)5(3)8(11)12/h1-2H,(H,9,10)(H,11,12). The molecule has 0 fully saturated rings. The number of carbonyl (C=O) groups is 2. The Balaban J connectivity index is 2.77. The van der Waals surface area contributed by atoms with E-state index in [0.29, 0.717) is 0 Å². The lowest BCUT2D eigenvalue weighted by molar-refractivity contribution is 0.0526. The molecule has 6 nitrogen and oxygen atoms in total. The Kier molecular flexibility index (Phi) is 1.57. The molecule has 1 aromatic heterocycles. The Morgan fingerprint density at radius 2 is 1.79 bits per heavy atom. The highest BCUT2D eigenvalue weighted by Crippen LogP contribution is 2.25. The van der Waals surface area contributed by atoms with Gasteiger partial charge < -0.3 is 10.2 Å². The van der Waals surface area contributed by atoms with Crippen LogP contribution in [-0.4, -0.2) is 22.2 Å². The van der Waals surface area contributed by atoms with Crippen LogP contribution < -0.4 is 0 Å². The largest absolute Gasteiger partial charge is 0.478 e. The summed E-state index contributed by atoms with van der Waals surface area (Å²) in [6, 6.07) is 2.50. The maximum absolute atomic E-state index is 10.7. The van der Waals surface area contributed by atoms with Crippen molar-refractivity contribution >= 4 is 23.1 Å². The zero-order valence-corrected chi connectivity index (χ0v) is 6.68. The number of benzene rings is 1. The molecule has 0 amide bonds. The highest BCUT2D eigenvalue weighted by atomic mass is 17.0. The summed E-state index contributed by atoms with van der Waals surface area (Å²) in [6.07, 6.45) is 0. The van der Waals surface area contributed by atoms with E-state index >= 15 is 0 Å². The monoisotopic (exact) mass is 196 g/mol. The van der Waals surface area contributed by atoms with Crippen LogP contribution in [0.1, 0.15) is 20.7 Å². The van der Waals surface area contributed by atoms with Crippen molar-refractivity contribution in [1.29, 1.82) is 0 Å². The molecule has 14 heavy (non-hydrogen) atoms. The number of aromatic carboxylic acids is 2. The Morgan fingerprint density at radius 1 is 1.07 bits per heavy atom. The Bertz CT molecular complexity index is 517. The zero-order chi connectivity index (χ0) is 10.3. The minimum Gasteiger partial charge on any atom is -0.478 e. The third-order valence-corrected chi connectivity index (χ3v) is 1.78. The third-order valence-electron chi connectivity index (χ3n) is 1.78. The summed E-state index contributed by atoms with van der Waals surface area (Å²) in [6.45, 7) is 0. The number of fused-ring (bicyclic) bond motifs is 1. The van der Waals surface area contributed by atoms with Crippen LogP contribution >= 0.6 is 0 Å². The van der Waals surface area contributed by atoms with Crippen LogP contribution in [0.5, 0.6) is 0 Å². The average molecular weight is 196 g/mol. The second kappa shape index (κ2) is 2.63. The summed E-state index contributed by atoms with van der Waals surface area (Å²) >= 11 is 0. The van der Waals surface area contributed by atoms with E-state index in [1.54, 1.807) is 0 Å². The van der Waals surface area contributed by atoms with Gasteiger partial charge in [-0.15, -0.1) is 0 Å². The van der Waals surface area contributed by atoms with Crippen LogP contribution in [-0.2, 0) is 0 Å². The summed E-state index contributed by atoms with van der Waals surface area (Å²) in [5.74, 6) is -2.68. The first-order valence-electron chi connectivity index (χ1n) is 3.59. The van der Waals surface area contributed by atoms with Gasteiger partial charge >= 0.3 is 11.9 Å². The van der Waals surface area contributed by atoms with E-state index in [-0.39, 0.29) is 22.3 Å². The van der Waals surface area contributed by atoms with Crippen molar-refractivity contribution in [2.45, 2.75) is 0 Å². The van der Waals surface area contributed by atoms with Crippen molar-refractivity contribution in [2.24, 2.45) is 0 Å². The van der Waals surface area contributed by atoms with Crippen molar-refractivity contribution in [2.75, 3.05) is 0 Å². The van der Waals surface area contributed by atoms with Crippen LogP contribution in [0.3, 0.4) is 0 Å². The van der Waals surface area contributed by atoms with Gasteiger partial charge in [-0.1, -0.05) is 0 Å². The van der Waals surface area contributed by atoms with Gasteiger partial charge in [-0.3, -0.25) is 9.15 Å². The topological polar surface area (TPSA) is 101 Å². The minimum absolute atomic E-state index is 0.0441. The van der Waals surface area contributed by atoms with E-state index in [1.165, 1.54) is 6.07 Å². The van der Waals surface area contributed by atoms with E-state index in [4.69, 9.17) is 10.2 Å². The summed E-state index contributed by atoms with van der Waals surface area (Å²) in [5, 5.41) is 17.4. The predicted molar refractivity (Wildman–Crippen MR) is 42.4 cm³/mol. The van der Waals surface area contributed by atoms with Crippen LogP contribution in [0.4, 0.5) is 0 Å². The first kappa shape index (κ1) is 8.36. The number of carboxylic acids is 2. The van der Waals surface area contributed by atoms with Crippen LogP contribution in [0, 0.1) is 0 Å². The first-order chi connectivity index (χ1) is 6.61. The molecule has 2 rings (SSSR count). The molecular weight excluding hydrogens is 192 g/mol. The molecule has 0 spiro atoms. The molecule has 0 aliphatic heterocycles. The molecule has 1 aromatic carbocycles. The van der Waals surface area contributed by atoms with E-state index in [2.05, 4.69) is 9.15 Å². The van der Waals surface area contributed by atoms with Gasteiger partial charge in [-0.2, -0.15) is 0 Å². The van der Waals surface area contributed by atoms with E-state index in [9.17, 15) is 9.59 Å².